The molecular weight excluding hydrogens is 248 g/mol. The minimum atomic E-state index is -0.119. The maximum Gasteiger partial charge on any atom is 0.278 e. The first-order valence-corrected chi connectivity index (χ1v) is 6.27. The fraction of sp³-hybridized carbons (Fsp3) is 0.286. The summed E-state index contributed by atoms with van der Waals surface area (Å²) in [5.74, 6) is -0.119. The third-order valence-corrected chi connectivity index (χ3v) is 3.33. The SMILES string of the molecule is CCc1c(C)nn(C(=O)c2ccc(Cl)cc2)c1C. The van der Waals surface area contributed by atoms with Crippen molar-refractivity contribution in [3.05, 3.63) is 51.8 Å². The molecule has 18 heavy (non-hydrogen) atoms. The van der Waals surface area contributed by atoms with Gasteiger partial charge in [0.05, 0.1) is 5.69 Å². The maximum absolute atomic E-state index is 12.3. The van der Waals surface area contributed by atoms with Crippen LogP contribution in [-0.2, 0) is 6.42 Å². The smallest absolute Gasteiger partial charge is 0.267 e. The normalized spacial score (nSPS) is 10.7. The number of carbonyl (C=O) groups is 1. The number of aromatic nitrogens is 2. The van der Waals surface area contributed by atoms with Gasteiger partial charge in [0.1, 0.15) is 0 Å². The van der Waals surface area contributed by atoms with Crippen molar-refractivity contribution in [1.82, 2.24) is 9.78 Å². The minimum absolute atomic E-state index is 0.119. The van der Waals surface area contributed by atoms with Crippen LogP contribution in [0.5, 0.6) is 0 Å². The predicted molar refractivity (Wildman–Crippen MR) is 72.3 cm³/mol. The van der Waals surface area contributed by atoms with Crippen molar-refractivity contribution in [2.24, 2.45) is 0 Å². The van der Waals surface area contributed by atoms with Crippen molar-refractivity contribution in [3.8, 4) is 0 Å². The zero-order valence-electron chi connectivity index (χ0n) is 10.7. The molecule has 0 spiro atoms. The molecule has 0 unspecified atom stereocenters. The third-order valence-electron chi connectivity index (χ3n) is 3.08. The van der Waals surface area contributed by atoms with Gasteiger partial charge in [0, 0.05) is 16.3 Å². The van der Waals surface area contributed by atoms with E-state index in [2.05, 4.69) is 12.0 Å². The number of hydrogen-bond donors (Lipinski definition) is 0. The quantitative estimate of drug-likeness (QED) is 0.831. The van der Waals surface area contributed by atoms with Crippen LogP contribution in [0.3, 0.4) is 0 Å². The zero-order chi connectivity index (χ0) is 13.3. The number of rotatable bonds is 2. The summed E-state index contributed by atoms with van der Waals surface area (Å²) in [5, 5.41) is 4.93. The van der Waals surface area contributed by atoms with Crippen molar-refractivity contribution in [2.75, 3.05) is 0 Å². The highest BCUT2D eigenvalue weighted by Gasteiger charge is 2.16. The Bertz CT molecular complexity index is 585. The molecule has 0 saturated heterocycles. The first kappa shape index (κ1) is 12.8. The molecule has 0 bridgehead atoms. The van der Waals surface area contributed by atoms with Crippen molar-refractivity contribution in [1.29, 1.82) is 0 Å². The van der Waals surface area contributed by atoms with Crippen LogP contribution < -0.4 is 0 Å². The van der Waals surface area contributed by atoms with Gasteiger partial charge >= 0.3 is 0 Å². The van der Waals surface area contributed by atoms with Crippen molar-refractivity contribution in [3.63, 3.8) is 0 Å². The molecule has 94 valence electrons. The number of carbonyl (C=O) groups excluding carboxylic acids is 1. The lowest BCUT2D eigenvalue weighted by Crippen LogP contribution is -2.15. The molecule has 0 atom stereocenters. The fourth-order valence-electron chi connectivity index (χ4n) is 2.10. The third kappa shape index (κ3) is 2.18. The molecule has 1 aromatic heterocycles. The van der Waals surface area contributed by atoms with Crippen molar-refractivity contribution >= 4 is 17.5 Å². The lowest BCUT2D eigenvalue weighted by Gasteiger charge is -2.04. The molecule has 0 saturated carbocycles. The summed E-state index contributed by atoms with van der Waals surface area (Å²) >= 11 is 5.81. The van der Waals surface area contributed by atoms with E-state index in [9.17, 15) is 4.79 Å². The lowest BCUT2D eigenvalue weighted by atomic mass is 10.1. The van der Waals surface area contributed by atoms with Gasteiger partial charge in [0.15, 0.2) is 0 Å². The van der Waals surface area contributed by atoms with Gasteiger partial charge in [-0.1, -0.05) is 18.5 Å². The van der Waals surface area contributed by atoms with Crippen LogP contribution in [0.2, 0.25) is 5.02 Å². The molecule has 2 rings (SSSR count). The second kappa shape index (κ2) is 4.94. The van der Waals surface area contributed by atoms with Crippen LogP contribution in [0.15, 0.2) is 24.3 Å². The van der Waals surface area contributed by atoms with E-state index < -0.39 is 0 Å². The Morgan fingerprint density at radius 1 is 1.28 bits per heavy atom. The van der Waals surface area contributed by atoms with Gasteiger partial charge in [-0.3, -0.25) is 4.79 Å². The molecule has 1 heterocycles. The summed E-state index contributed by atoms with van der Waals surface area (Å²) in [5.41, 5.74) is 3.55. The van der Waals surface area contributed by atoms with Gasteiger partial charge in [0.25, 0.3) is 5.91 Å². The van der Waals surface area contributed by atoms with E-state index in [-0.39, 0.29) is 5.91 Å². The average Bonchev–Trinajstić information content (AvgIpc) is 2.64. The molecule has 0 fully saturated rings. The molecule has 3 nitrogen and oxygen atoms in total. The van der Waals surface area contributed by atoms with Crippen LogP contribution in [0.25, 0.3) is 0 Å². The standard InChI is InChI=1S/C14H15ClN2O/c1-4-13-9(2)16-17(10(13)3)14(18)11-5-7-12(15)8-6-11/h5-8H,4H2,1-3H3. The molecule has 1 aromatic carbocycles. The molecule has 0 amide bonds. The highest BCUT2D eigenvalue weighted by atomic mass is 35.5. The monoisotopic (exact) mass is 262 g/mol. The zero-order valence-corrected chi connectivity index (χ0v) is 11.5. The average molecular weight is 263 g/mol. The van der Waals surface area contributed by atoms with Gasteiger partial charge in [-0.05, 0) is 50.1 Å². The van der Waals surface area contributed by atoms with E-state index in [1.807, 2.05) is 13.8 Å². The largest absolute Gasteiger partial charge is 0.278 e. The van der Waals surface area contributed by atoms with Gasteiger partial charge < -0.3 is 0 Å². The number of halogens is 1. The Hall–Kier alpha value is -1.61. The van der Waals surface area contributed by atoms with E-state index >= 15 is 0 Å². The van der Waals surface area contributed by atoms with E-state index in [1.54, 1.807) is 24.3 Å². The molecule has 0 aliphatic carbocycles. The highest BCUT2D eigenvalue weighted by molar-refractivity contribution is 6.30. The van der Waals surface area contributed by atoms with E-state index in [0.29, 0.717) is 10.6 Å². The topological polar surface area (TPSA) is 34.9 Å². The van der Waals surface area contributed by atoms with Crippen LogP contribution in [0.1, 0.15) is 34.2 Å². The number of hydrogen-bond acceptors (Lipinski definition) is 2. The fourth-order valence-corrected chi connectivity index (χ4v) is 2.23. The molecule has 0 aliphatic heterocycles. The second-order valence-electron chi connectivity index (χ2n) is 4.23. The molecule has 0 N–H and O–H groups in total. The summed E-state index contributed by atoms with van der Waals surface area (Å²) in [7, 11) is 0. The summed E-state index contributed by atoms with van der Waals surface area (Å²) < 4.78 is 1.47. The number of benzene rings is 1. The summed E-state index contributed by atoms with van der Waals surface area (Å²) in [6.45, 7) is 5.91. The summed E-state index contributed by atoms with van der Waals surface area (Å²) in [4.78, 5) is 12.3. The Labute approximate surface area is 111 Å². The second-order valence-corrected chi connectivity index (χ2v) is 4.66. The van der Waals surface area contributed by atoms with E-state index in [1.165, 1.54) is 4.68 Å². The molecule has 4 heteroatoms. The first-order chi connectivity index (χ1) is 8.54. The molecule has 0 radical (unpaired) electrons. The van der Waals surface area contributed by atoms with Crippen molar-refractivity contribution < 1.29 is 4.79 Å². The van der Waals surface area contributed by atoms with E-state index in [4.69, 9.17) is 11.6 Å². The Morgan fingerprint density at radius 2 is 1.89 bits per heavy atom. The van der Waals surface area contributed by atoms with Crippen molar-refractivity contribution in [2.45, 2.75) is 27.2 Å². The van der Waals surface area contributed by atoms with Crippen LogP contribution >= 0.6 is 11.6 Å². The predicted octanol–water partition coefficient (Wildman–Crippen LogP) is 3.40. The van der Waals surface area contributed by atoms with Gasteiger partial charge in [-0.15, -0.1) is 0 Å². The number of nitrogens with zero attached hydrogens (tertiary/aromatic N) is 2. The maximum atomic E-state index is 12.3. The first-order valence-electron chi connectivity index (χ1n) is 5.90. The van der Waals surface area contributed by atoms with E-state index in [0.717, 1.165) is 23.4 Å². The Balaban J connectivity index is 2.43. The van der Waals surface area contributed by atoms with Crippen LogP contribution in [0.4, 0.5) is 0 Å². The molecular formula is C14H15ClN2O. The number of aryl methyl sites for hydroxylation is 1. The van der Waals surface area contributed by atoms with Gasteiger partial charge in [-0.2, -0.15) is 5.10 Å². The van der Waals surface area contributed by atoms with Gasteiger partial charge in [-0.25, -0.2) is 4.68 Å². The molecule has 0 aliphatic rings. The van der Waals surface area contributed by atoms with Gasteiger partial charge in [0.2, 0.25) is 0 Å². The minimum Gasteiger partial charge on any atom is -0.267 e. The summed E-state index contributed by atoms with van der Waals surface area (Å²) in [6, 6.07) is 6.85. The Kier molecular flexibility index (Phi) is 3.53. The summed E-state index contributed by atoms with van der Waals surface area (Å²) in [6.07, 6.45) is 0.881. The van der Waals surface area contributed by atoms with Crippen LogP contribution in [0, 0.1) is 13.8 Å². The lowest BCUT2D eigenvalue weighted by molar-refractivity contribution is 0.0942. The highest BCUT2D eigenvalue weighted by Crippen LogP contribution is 2.16. The van der Waals surface area contributed by atoms with Crippen LogP contribution in [-0.4, -0.2) is 15.7 Å². The molecule has 2 aromatic rings. The Morgan fingerprint density at radius 3 is 2.39 bits per heavy atom.